The van der Waals surface area contributed by atoms with Crippen molar-refractivity contribution < 1.29 is 30.8 Å². The molecule has 1 fully saturated rings. The SMILES string of the molecule is CCCC(=O)c1ccc(S(=O)(=O)N2CCN(Cc3ccc(F)c(C(F)(F)F)c3)CC2)cc1. The largest absolute Gasteiger partial charge is 0.419 e. The van der Waals surface area contributed by atoms with Crippen LogP contribution in [0.1, 0.15) is 41.3 Å². The number of benzene rings is 2. The number of ketones is 1. The van der Waals surface area contributed by atoms with E-state index in [4.69, 9.17) is 0 Å². The Kier molecular flexibility index (Phi) is 7.36. The van der Waals surface area contributed by atoms with Gasteiger partial charge < -0.3 is 0 Å². The molecule has 0 N–H and O–H groups in total. The van der Waals surface area contributed by atoms with Crippen LogP contribution in [0.25, 0.3) is 0 Å². The van der Waals surface area contributed by atoms with Crippen LogP contribution in [0.5, 0.6) is 0 Å². The molecule has 1 saturated heterocycles. The molecule has 5 nitrogen and oxygen atoms in total. The zero-order valence-electron chi connectivity index (χ0n) is 17.5. The lowest BCUT2D eigenvalue weighted by molar-refractivity contribution is -0.140. The normalized spacial score (nSPS) is 16.3. The van der Waals surface area contributed by atoms with Gasteiger partial charge in [0.05, 0.1) is 10.5 Å². The molecule has 2 aromatic rings. The van der Waals surface area contributed by atoms with E-state index in [-0.39, 0.29) is 30.3 Å². The topological polar surface area (TPSA) is 57.7 Å². The molecule has 3 rings (SSSR count). The molecule has 0 atom stereocenters. The quantitative estimate of drug-likeness (QED) is 0.445. The molecule has 0 aromatic heterocycles. The maximum atomic E-state index is 13.5. The van der Waals surface area contributed by atoms with E-state index in [1.165, 1.54) is 34.6 Å². The van der Waals surface area contributed by atoms with Crippen LogP contribution in [-0.2, 0) is 22.7 Å². The van der Waals surface area contributed by atoms with Gasteiger partial charge in [-0.2, -0.15) is 17.5 Å². The summed E-state index contributed by atoms with van der Waals surface area (Å²) in [7, 11) is -3.75. The van der Waals surface area contributed by atoms with Crippen LogP contribution in [0, 0.1) is 5.82 Å². The minimum absolute atomic E-state index is 0.0421. The lowest BCUT2D eigenvalue weighted by Crippen LogP contribution is -2.48. The number of Topliss-reactive ketones (excluding diaryl/α,β-unsaturated/α-hetero) is 1. The molecular formula is C22H24F4N2O3S. The number of carbonyl (C=O) groups excluding carboxylic acids is 1. The van der Waals surface area contributed by atoms with Gasteiger partial charge in [0, 0.05) is 44.7 Å². The van der Waals surface area contributed by atoms with Crippen molar-refractivity contribution in [2.45, 2.75) is 37.4 Å². The summed E-state index contributed by atoms with van der Waals surface area (Å²) in [6.07, 6.45) is -3.67. The molecule has 174 valence electrons. The van der Waals surface area contributed by atoms with Crippen molar-refractivity contribution >= 4 is 15.8 Å². The van der Waals surface area contributed by atoms with Gasteiger partial charge in [-0.05, 0) is 36.2 Å². The molecule has 1 aliphatic heterocycles. The molecule has 0 aliphatic carbocycles. The summed E-state index contributed by atoms with van der Waals surface area (Å²) in [5, 5.41) is 0. The third-order valence-electron chi connectivity index (χ3n) is 5.36. The van der Waals surface area contributed by atoms with E-state index in [9.17, 15) is 30.8 Å². The monoisotopic (exact) mass is 472 g/mol. The van der Waals surface area contributed by atoms with Gasteiger partial charge in [0.25, 0.3) is 0 Å². The van der Waals surface area contributed by atoms with Crippen molar-refractivity contribution in [3.05, 3.63) is 65.0 Å². The van der Waals surface area contributed by atoms with Gasteiger partial charge in [-0.3, -0.25) is 9.69 Å². The highest BCUT2D eigenvalue weighted by atomic mass is 32.2. The van der Waals surface area contributed by atoms with E-state index < -0.39 is 27.6 Å². The average Bonchev–Trinajstić information content (AvgIpc) is 2.75. The Labute approximate surface area is 184 Å². The lowest BCUT2D eigenvalue weighted by Gasteiger charge is -2.34. The van der Waals surface area contributed by atoms with Crippen LogP contribution in [-0.4, -0.2) is 49.6 Å². The molecule has 0 spiro atoms. The van der Waals surface area contributed by atoms with Gasteiger partial charge in [-0.1, -0.05) is 25.1 Å². The number of hydrogen-bond acceptors (Lipinski definition) is 4. The summed E-state index contributed by atoms with van der Waals surface area (Å²) in [6.45, 7) is 3.04. The van der Waals surface area contributed by atoms with E-state index in [0.717, 1.165) is 12.1 Å². The number of halogens is 4. The first kappa shape index (κ1) is 24.3. The third kappa shape index (κ3) is 5.54. The summed E-state index contributed by atoms with van der Waals surface area (Å²) in [4.78, 5) is 13.9. The molecule has 2 aromatic carbocycles. The lowest BCUT2D eigenvalue weighted by atomic mass is 10.1. The maximum absolute atomic E-state index is 13.5. The number of hydrogen-bond donors (Lipinski definition) is 0. The number of sulfonamides is 1. The van der Waals surface area contributed by atoms with Crippen LogP contribution in [0.3, 0.4) is 0 Å². The second kappa shape index (κ2) is 9.68. The van der Waals surface area contributed by atoms with Gasteiger partial charge in [0.1, 0.15) is 5.82 Å². The summed E-state index contributed by atoms with van der Waals surface area (Å²) in [5.74, 6) is -1.36. The second-order valence-corrected chi connectivity index (χ2v) is 9.63. The number of alkyl halides is 3. The Bertz CT molecular complexity index is 1060. The summed E-state index contributed by atoms with van der Waals surface area (Å²) >= 11 is 0. The van der Waals surface area contributed by atoms with Gasteiger partial charge in [-0.15, -0.1) is 0 Å². The fraction of sp³-hybridized carbons (Fsp3) is 0.409. The van der Waals surface area contributed by atoms with Crippen molar-refractivity contribution in [2.24, 2.45) is 0 Å². The standard InChI is InChI=1S/C22H24F4N2O3S/c1-2-3-21(29)17-5-7-18(8-6-17)32(30,31)28-12-10-27(11-13-28)15-16-4-9-20(23)19(14-16)22(24,25)26/h4-9,14H,2-3,10-13,15H2,1H3. The number of carbonyl (C=O) groups is 1. The Morgan fingerprint density at radius 1 is 1.00 bits per heavy atom. The number of nitrogens with zero attached hydrogens (tertiary/aromatic N) is 2. The first-order valence-electron chi connectivity index (χ1n) is 10.2. The first-order chi connectivity index (χ1) is 15.0. The maximum Gasteiger partial charge on any atom is 0.419 e. The van der Waals surface area contributed by atoms with E-state index in [0.29, 0.717) is 37.1 Å². The van der Waals surface area contributed by atoms with Crippen LogP contribution in [0.2, 0.25) is 0 Å². The molecular weight excluding hydrogens is 448 g/mol. The highest BCUT2D eigenvalue weighted by molar-refractivity contribution is 7.89. The number of piperazine rings is 1. The van der Waals surface area contributed by atoms with E-state index in [2.05, 4.69) is 0 Å². The van der Waals surface area contributed by atoms with Crippen molar-refractivity contribution in [3.63, 3.8) is 0 Å². The van der Waals surface area contributed by atoms with Gasteiger partial charge in [-0.25, -0.2) is 12.8 Å². The Morgan fingerprint density at radius 3 is 2.19 bits per heavy atom. The van der Waals surface area contributed by atoms with E-state index >= 15 is 0 Å². The summed E-state index contributed by atoms with van der Waals surface area (Å²) in [6, 6.07) is 8.74. The fourth-order valence-electron chi connectivity index (χ4n) is 3.61. The second-order valence-electron chi connectivity index (χ2n) is 7.69. The number of rotatable bonds is 7. The first-order valence-corrected chi connectivity index (χ1v) is 11.7. The van der Waals surface area contributed by atoms with Crippen LogP contribution >= 0.6 is 0 Å². The minimum atomic E-state index is -4.77. The van der Waals surface area contributed by atoms with E-state index in [1.807, 2.05) is 11.8 Å². The van der Waals surface area contributed by atoms with Crippen molar-refractivity contribution in [1.82, 2.24) is 9.21 Å². The molecule has 0 saturated carbocycles. The third-order valence-corrected chi connectivity index (χ3v) is 7.28. The smallest absolute Gasteiger partial charge is 0.296 e. The van der Waals surface area contributed by atoms with Crippen molar-refractivity contribution in [1.29, 1.82) is 0 Å². The highest BCUT2D eigenvalue weighted by Gasteiger charge is 2.34. The van der Waals surface area contributed by atoms with Crippen LogP contribution in [0.4, 0.5) is 17.6 Å². The van der Waals surface area contributed by atoms with Crippen molar-refractivity contribution in [2.75, 3.05) is 26.2 Å². The Hall–Kier alpha value is -2.30. The van der Waals surface area contributed by atoms with Gasteiger partial charge in [0.15, 0.2) is 5.78 Å². The average molecular weight is 473 g/mol. The predicted octanol–water partition coefficient (Wildman–Crippen LogP) is 4.33. The molecule has 10 heteroatoms. The molecule has 1 heterocycles. The van der Waals surface area contributed by atoms with Crippen LogP contribution < -0.4 is 0 Å². The molecule has 0 unspecified atom stereocenters. The summed E-state index contributed by atoms with van der Waals surface area (Å²) in [5.41, 5.74) is -0.535. The zero-order valence-corrected chi connectivity index (χ0v) is 18.3. The fourth-order valence-corrected chi connectivity index (χ4v) is 5.03. The molecule has 0 amide bonds. The Morgan fingerprint density at radius 2 is 1.62 bits per heavy atom. The van der Waals surface area contributed by atoms with Crippen LogP contribution in [0.15, 0.2) is 47.4 Å². The minimum Gasteiger partial charge on any atom is -0.296 e. The zero-order chi connectivity index (χ0) is 23.5. The van der Waals surface area contributed by atoms with Gasteiger partial charge >= 0.3 is 6.18 Å². The molecule has 32 heavy (non-hydrogen) atoms. The molecule has 0 bridgehead atoms. The molecule has 1 aliphatic rings. The summed E-state index contributed by atoms with van der Waals surface area (Å²) < 4.78 is 79.3. The van der Waals surface area contributed by atoms with Crippen molar-refractivity contribution in [3.8, 4) is 0 Å². The Balaban J connectivity index is 1.63. The highest BCUT2D eigenvalue weighted by Crippen LogP contribution is 2.32. The predicted molar refractivity (Wildman–Crippen MR) is 111 cm³/mol. The van der Waals surface area contributed by atoms with Gasteiger partial charge in [0.2, 0.25) is 10.0 Å². The molecule has 0 radical (unpaired) electrons. The van der Waals surface area contributed by atoms with E-state index in [1.54, 1.807) is 0 Å².